The van der Waals surface area contributed by atoms with E-state index in [2.05, 4.69) is 42.2 Å². The van der Waals surface area contributed by atoms with E-state index in [9.17, 15) is 4.79 Å². The number of carbonyl (C=O) groups excluding carboxylic acids is 1. The highest BCUT2D eigenvalue weighted by molar-refractivity contribution is 5.81. The van der Waals surface area contributed by atoms with Crippen LogP contribution in [0, 0.1) is 12.3 Å². The molecule has 98 valence electrons. The fraction of sp³-hybridized carbons (Fsp3) is 0.769. The van der Waals surface area contributed by atoms with Gasteiger partial charge >= 0.3 is 0 Å². The molecule has 0 aliphatic heterocycles. The molecule has 0 fully saturated rings. The molecule has 4 heteroatoms. The van der Waals surface area contributed by atoms with Crippen molar-refractivity contribution < 1.29 is 4.79 Å². The monoisotopic (exact) mass is 239 g/mol. The van der Waals surface area contributed by atoms with Crippen molar-refractivity contribution in [1.82, 2.24) is 15.5 Å². The maximum absolute atomic E-state index is 11.6. The van der Waals surface area contributed by atoms with Gasteiger partial charge in [0.2, 0.25) is 5.91 Å². The van der Waals surface area contributed by atoms with Crippen LogP contribution in [0.5, 0.6) is 0 Å². The minimum absolute atomic E-state index is 0.0469. The van der Waals surface area contributed by atoms with Gasteiger partial charge in [-0.1, -0.05) is 19.8 Å². The molecule has 2 atom stereocenters. The minimum Gasteiger partial charge on any atom is -0.344 e. The highest BCUT2D eigenvalue weighted by atomic mass is 16.2. The molecule has 1 amide bonds. The average Bonchev–Trinajstić information content (AvgIpc) is 2.32. The van der Waals surface area contributed by atoms with Crippen molar-refractivity contribution in [2.45, 2.75) is 39.8 Å². The number of carbonyl (C=O) groups is 1. The van der Waals surface area contributed by atoms with Crippen LogP contribution < -0.4 is 10.6 Å². The maximum atomic E-state index is 11.6. The van der Waals surface area contributed by atoms with E-state index < -0.39 is 0 Å². The Kier molecular flexibility index (Phi) is 8.47. The fourth-order valence-corrected chi connectivity index (χ4v) is 1.72. The second-order valence-corrected chi connectivity index (χ2v) is 4.20. The summed E-state index contributed by atoms with van der Waals surface area (Å²) < 4.78 is 0. The molecule has 4 nitrogen and oxygen atoms in total. The first-order valence-corrected chi connectivity index (χ1v) is 6.24. The Morgan fingerprint density at radius 3 is 2.41 bits per heavy atom. The van der Waals surface area contributed by atoms with Crippen LogP contribution in [0.2, 0.25) is 0 Å². The van der Waals surface area contributed by atoms with Gasteiger partial charge < -0.3 is 15.5 Å². The van der Waals surface area contributed by atoms with Gasteiger partial charge in [0, 0.05) is 12.6 Å². The molecule has 0 aromatic carbocycles. The molecule has 0 saturated heterocycles. The standard InChI is InChI=1S/C13H25N3O/c1-6-9-14-13(17)12(5)15-11(4)10-16(7-2)8-3/h1,11-12,15H,7-10H2,2-5H3,(H,14,17). The number of hydrogen-bond acceptors (Lipinski definition) is 3. The number of terminal acetylenes is 1. The van der Waals surface area contributed by atoms with E-state index in [1.807, 2.05) is 6.92 Å². The van der Waals surface area contributed by atoms with Crippen LogP contribution >= 0.6 is 0 Å². The zero-order valence-electron chi connectivity index (χ0n) is 11.4. The van der Waals surface area contributed by atoms with E-state index in [0.717, 1.165) is 19.6 Å². The lowest BCUT2D eigenvalue weighted by Gasteiger charge is -2.25. The Morgan fingerprint density at radius 2 is 1.94 bits per heavy atom. The Balaban J connectivity index is 3.98. The van der Waals surface area contributed by atoms with E-state index in [4.69, 9.17) is 6.42 Å². The predicted octanol–water partition coefficient (Wildman–Crippen LogP) is 0.444. The van der Waals surface area contributed by atoms with Gasteiger partial charge in [-0.15, -0.1) is 6.42 Å². The average molecular weight is 239 g/mol. The van der Waals surface area contributed by atoms with Crippen molar-refractivity contribution in [2.75, 3.05) is 26.2 Å². The van der Waals surface area contributed by atoms with Crippen molar-refractivity contribution in [1.29, 1.82) is 0 Å². The molecule has 0 aliphatic rings. The molecule has 0 heterocycles. The molecule has 2 unspecified atom stereocenters. The molecule has 0 saturated carbocycles. The minimum atomic E-state index is -0.214. The zero-order valence-corrected chi connectivity index (χ0v) is 11.4. The number of rotatable bonds is 8. The van der Waals surface area contributed by atoms with E-state index >= 15 is 0 Å². The first kappa shape index (κ1) is 16.0. The van der Waals surface area contributed by atoms with Gasteiger partial charge in [0.15, 0.2) is 0 Å². The Hall–Kier alpha value is -1.05. The SMILES string of the molecule is C#CCNC(=O)C(C)NC(C)CN(CC)CC. The van der Waals surface area contributed by atoms with Crippen LogP contribution in [-0.4, -0.2) is 49.1 Å². The fourth-order valence-electron chi connectivity index (χ4n) is 1.72. The molecule has 0 bridgehead atoms. The summed E-state index contributed by atoms with van der Waals surface area (Å²) in [5.74, 6) is 2.34. The van der Waals surface area contributed by atoms with E-state index in [1.54, 1.807) is 0 Å². The third kappa shape index (κ3) is 6.98. The largest absolute Gasteiger partial charge is 0.344 e. The first-order chi connectivity index (χ1) is 8.04. The van der Waals surface area contributed by atoms with Gasteiger partial charge in [-0.3, -0.25) is 4.79 Å². The van der Waals surface area contributed by atoms with Crippen molar-refractivity contribution in [3.8, 4) is 12.3 Å². The molecule has 0 rings (SSSR count). The summed E-state index contributed by atoms with van der Waals surface area (Å²) in [7, 11) is 0. The quantitative estimate of drug-likeness (QED) is 0.604. The number of amides is 1. The Bertz CT molecular complexity index is 256. The van der Waals surface area contributed by atoms with Gasteiger partial charge in [0.1, 0.15) is 0 Å². The maximum Gasteiger partial charge on any atom is 0.237 e. The van der Waals surface area contributed by atoms with Crippen molar-refractivity contribution >= 4 is 5.91 Å². The first-order valence-electron chi connectivity index (χ1n) is 6.24. The zero-order chi connectivity index (χ0) is 13.3. The second-order valence-electron chi connectivity index (χ2n) is 4.20. The van der Waals surface area contributed by atoms with Crippen LogP contribution in [0.25, 0.3) is 0 Å². The lowest BCUT2D eigenvalue weighted by molar-refractivity contribution is -0.122. The lowest BCUT2D eigenvalue weighted by atomic mass is 10.2. The predicted molar refractivity (Wildman–Crippen MR) is 71.7 cm³/mol. The van der Waals surface area contributed by atoms with Gasteiger partial charge in [0.25, 0.3) is 0 Å². The topological polar surface area (TPSA) is 44.4 Å². The summed E-state index contributed by atoms with van der Waals surface area (Å²) in [5.41, 5.74) is 0. The molecule has 0 aromatic rings. The molecule has 2 N–H and O–H groups in total. The molecule has 0 aliphatic carbocycles. The van der Waals surface area contributed by atoms with Gasteiger partial charge in [0.05, 0.1) is 12.6 Å². The molecule has 0 radical (unpaired) electrons. The highest BCUT2D eigenvalue weighted by Gasteiger charge is 2.15. The van der Waals surface area contributed by atoms with Crippen LogP contribution in [0.1, 0.15) is 27.7 Å². The van der Waals surface area contributed by atoms with E-state index in [1.165, 1.54) is 0 Å². The highest BCUT2D eigenvalue weighted by Crippen LogP contribution is 1.94. The molecule has 0 spiro atoms. The van der Waals surface area contributed by atoms with Crippen molar-refractivity contribution in [2.24, 2.45) is 0 Å². The van der Waals surface area contributed by atoms with E-state index in [0.29, 0.717) is 0 Å². The Morgan fingerprint density at radius 1 is 1.35 bits per heavy atom. The lowest BCUT2D eigenvalue weighted by Crippen LogP contribution is -2.49. The Labute approximate surface area is 105 Å². The van der Waals surface area contributed by atoms with Crippen molar-refractivity contribution in [3.63, 3.8) is 0 Å². The van der Waals surface area contributed by atoms with Gasteiger partial charge in [-0.2, -0.15) is 0 Å². The molecule has 17 heavy (non-hydrogen) atoms. The van der Waals surface area contributed by atoms with E-state index in [-0.39, 0.29) is 24.5 Å². The summed E-state index contributed by atoms with van der Waals surface area (Å²) in [5, 5.41) is 5.93. The second kappa shape index (κ2) is 9.03. The third-order valence-corrected chi connectivity index (χ3v) is 2.72. The van der Waals surface area contributed by atoms with Crippen LogP contribution in [-0.2, 0) is 4.79 Å². The summed E-state index contributed by atoms with van der Waals surface area (Å²) in [4.78, 5) is 13.9. The summed E-state index contributed by atoms with van der Waals surface area (Å²) >= 11 is 0. The number of hydrogen-bond donors (Lipinski definition) is 2. The normalized spacial score (nSPS) is 14.1. The van der Waals surface area contributed by atoms with Crippen LogP contribution in [0.15, 0.2) is 0 Å². The van der Waals surface area contributed by atoms with Crippen molar-refractivity contribution in [3.05, 3.63) is 0 Å². The third-order valence-electron chi connectivity index (χ3n) is 2.72. The molecule has 0 aromatic heterocycles. The summed E-state index contributed by atoms with van der Waals surface area (Å²) in [6.45, 7) is 11.5. The summed E-state index contributed by atoms with van der Waals surface area (Å²) in [6, 6.07) is 0.0652. The number of nitrogens with zero attached hydrogens (tertiary/aromatic N) is 1. The van der Waals surface area contributed by atoms with Gasteiger partial charge in [-0.05, 0) is 26.9 Å². The summed E-state index contributed by atoms with van der Waals surface area (Å²) in [6.07, 6.45) is 5.09. The molecular weight excluding hydrogens is 214 g/mol. The molecular formula is C13H25N3O. The number of nitrogens with one attached hydrogen (secondary N) is 2. The van der Waals surface area contributed by atoms with Crippen LogP contribution in [0.3, 0.4) is 0 Å². The van der Waals surface area contributed by atoms with Gasteiger partial charge in [-0.25, -0.2) is 0 Å². The number of likely N-dealkylation sites (N-methyl/N-ethyl adjacent to an activating group) is 1. The smallest absolute Gasteiger partial charge is 0.237 e. The van der Waals surface area contributed by atoms with Crippen LogP contribution in [0.4, 0.5) is 0 Å².